The number of ether oxygens (including phenoxy) is 1. The molecule has 6 rings (SSSR count). The Morgan fingerprint density at radius 2 is 1.82 bits per heavy atom. The van der Waals surface area contributed by atoms with Crippen molar-refractivity contribution < 1.29 is 9.53 Å². The van der Waals surface area contributed by atoms with Crippen LogP contribution in [0, 0.1) is 0 Å². The first kappa shape index (κ1) is 30.5. The molecule has 0 radical (unpaired) electrons. The summed E-state index contributed by atoms with van der Waals surface area (Å²) in [6.45, 7) is 5.82. The Labute approximate surface area is 270 Å². The van der Waals surface area contributed by atoms with E-state index in [1.165, 1.54) is 16.2 Å². The minimum Gasteiger partial charge on any atom is -0.455 e. The fourth-order valence-electron chi connectivity index (χ4n) is 5.29. The van der Waals surface area contributed by atoms with Crippen LogP contribution in [-0.2, 0) is 30.9 Å². The number of hydrogen-bond acceptors (Lipinski definition) is 9. The summed E-state index contributed by atoms with van der Waals surface area (Å²) in [7, 11) is 0. The van der Waals surface area contributed by atoms with E-state index < -0.39 is 0 Å². The van der Waals surface area contributed by atoms with Crippen molar-refractivity contribution in [1.82, 2.24) is 35.1 Å². The molecule has 1 aliphatic rings. The number of esters is 1. The Hall–Kier alpha value is -3.51. The lowest BCUT2D eigenvalue weighted by molar-refractivity contribution is 0.0469. The number of aryl methyl sites for hydroxylation is 1. The number of H-pyrrole nitrogens is 1. The molecular weight excluding hydrogens is 614 g/mol. The van der Waals surface area contributed by atoms with Gasteiger partial charge in [-0.05, 0) is 40.5 Å². The lowest BCUT2D eigenvalue weighted by Gasteiger charge is -2.25. The number of thioether (sulfide) groups is 1. The smallest absolute Gasteiger partial charge is 0.348 e. The standard InChI is InChI=1S/C32H34ClN7O2S2/c1-2-3-8-29-34-30(33)27(21-42-32(41)28-14-13-24(44-28)20-39-15-17-43-18-16-39)40(29)19-22-9-11-23(12-10-22)25-6-4-5-7-26(25)31-35-37-38-36-31/h4-7,9-14H,2-3,8,15-21H2,1H3,(H,35,36,37,38). The molecule has 3 aromatic heterocycles. The van der Waals surface area contributed by atoms with E-state index in [9.17, 15) is 4.79 Å². The topological polar surface area (TPSA) is 102 Å². The molecular formula is C32H34ClN7O2S2. The Morgan fingerprint density at radius 1 is 1.02 bits per heavy atom. The highest BCUT2D eigenvalue weighted by atomic mass is 35.5. The minimum atomic E-state index is -0.334. The van der Waals surface area contributed by atoms with Gasteiger partial charge in [0.25, 0.3) is 0 Å². The summed E-state index contributed by atoms with van der Waals surface area (Å²) in [5.41, 5.74) is 4.77. The highest BCUT2D eigenvalue weighted by Gasteiger charge is 2.20. The Balaban J connectivity index is 1.17. The van der Waals surface area contributed by atoms with E-state index >= 15 is 0 Å². The van der Waals surface area contributed by atoms with E-state index in [1.807, 2.05) is 42.1 Å². The second-order valence-corrected chi connectivity index (χ2v) is 13.4. The number of benzene rings is 2. The summed E-state index contributed by atoms with van der Waals surface area (Å²) in [4.78, 5) is 22.0. The molecule has 2 aromatic carbocycles. The Bertz CT molecular complexity index is 1680. The molecule has 12 heteroatoms. The fourth-order valence-corrected chi connectivity index (χ4v) is 7.47. The Kier molecular flexibility index (Phi) is 10.1. The van der Waals surface area contributed by atoms with Crippen LogP contribution in [0.15, 0.2) is 60.7 Å². The molecule has 1 fully saturated rings. The van der Waals surface area contributed by atoms with Gasteiger partial charge < -0.3 is 9.30 Å². The predicted octanol–water partition coefficient (Wildman–Crippen LogP) is 6.74. The number of carbonyl (C=O) groups excluding carboxylic acids is 1. The Morgan fingerprint density at radius 3 is 2.57 bits per heavy atom. The molecule has 1 aliphatic heterocycles. The van der Waals surface area contributed by atoms with Crippen LogP contribution in [0.2, 0.25) is 5.15 Å². The average molecular weight is 648 g/mol. The van der Waals surface area contributed by atoms with E-state index in [4.69, 9.17) is 16.3 Å². The van der Waals surface area contributed by atoms with Crippen molar-refractivity contribution in [2.75, 3.05) is 24.6 Å². The summed E-state index contributed by atoms with van der Waals surface area (Å²) in [5, 5.41) is 14.9. The van der Waals surface area contributed by atoms with Gasteiger partial charge in [-0.25, -0.2) is 9.78 Å². The highest BCUT2D eigenvalue weighted by molar-refractivity contribution is 7.99. The molecule has 4 heterocycles. The molecule has 228 valence electrons. The van der Waals surface area contributed by atoms with Crippen molar-refractivity contribution in [3.63, 3.8) is 0 Å². The summed E-state index contributed by atoms with van der Waals surface area (Å²) in [5.74, 6) is 3.44. The van der Waals surface area contributed by atoms with Crippen molar-refractivity contribution in [2.45, 2.75) is 45.9 Å². The SMILES string of the molecule is CCCCc1nc(Cl)c(COC(=O)c2ccc(CN3CCSCC3)s2)n1Cc1ccc(-c2ccccc2-c2nn[nH]n2)cc1. The number of nitrogens with one attached hydrogen (secondary N) is 1. The van der Waals surface area contributed by atoms with Gasteiger partial charge in [-0.3, -0.25) is 4.90 Å². The number of unbranched alkanes of at least 4 members (excludes halogenated alkanes) is 1. The number of rotatable bonds is 12. The van der Waals surface area contributed by atoms with Gasteiger partial charge in [-0.15, -0.1) is 21.5 Å². The van der Waals surface area contributed by atoms with Gasteiger partial charge in [0.05, 0.1) is 5.69 Å². The quantitative estimate of drug-likeness (QED) is 0.149. The first-order valence-corrected chi connectivity index (χ1v) is 17.2. The molecule has 9 nitrogen and oxygen atoms in total. The number of tetrazole rings is 1. The lowest BCUT2D eigenvalue weighted by Crippen LogP contribution is -2.31. The van der Waals surface area contributed by atoms with Gasteiger partial charge in [0, 0.05) is 54.5 Å². The molecule has 0 atom stereocenters. The maximum absolute atomic E-state index is 13.1. The molecule has 0 bridgehead atoms. The van der Waals surface area contributed by atoms with Gasteiger partial charge in [0.1, 0.15) is 17.3 Å². The van der Waals surface area contributed by atoms with Gasteiger partial charge >= 0.3 is 5.97 Å². The van der Waals surface area contributed by atoms with Crippen LogP contribution in [0.5, 0.6) is 0 Å². The van der Waals surface area contributed by atoms with E-state index in [0.717, 1.165) is 78.5 Å². The summed E-state index contributed by atoms with van der Waals surface area (Å²) in [6.07, 6.45) is 2.83. The van der Waals surface area contributed by atoms with E-state index in [-0.39, 0.29) is 12.6 Å². The molecule has 0 unspecified atom stereocenters. The van der Waals surface area contributed by atoms with Crippen LogP contribution in [-0.4, -0.2) is 65.6 Å². The van der Waals surface area contributed by atoms with Gasteiger partial charge in [-0.2, -0.15) is 17.0 Å². The monoisotopic (exact) mass is 647 g/mol. The number of aromatic amines is 1. The normalized spacial score (nSPS) is 13.8. The molecule has 0 spiro atoms. The number of thiophene rings is 1. The second kappa shape index (κ2) is 14.5. The van der Waals surface area contributed by atoms with Crippen LogP contribution >= 0.6 is 34.7 Å². The van der Waals surface area contributed by atoms with Crippen LogP contribution in [0.4, 0.5) is 0 Å². The van der Waals surface area contributed by atoms with Crippen LogP contribution < -0.4 is 0 Å². The number of nitrogens with zero attached hydrogens (tertiary/aromatic N) is 6. The largest absolute Gasteiger partial charge is 0.455 e. The van der Waals surface area contributed by atoms with Crippen molar-refractivity contribution in [3.05, 3.63) is 92.7 Å². The van der Waals surface area contributed by atoms with Crippen molar-refractivity contribution >= 4 is 40.7 Å². The van der Waals surface area contributed by atoms with E-state index in [1.54, 1.807) is 0 Å². The summed E-state index contributed by atoms with van der Waals surface area (Å²) >= 11 is 10.2. The molecule has 0 amide bonds. The third-order valence-corrected chi connectivity index (χ3v) is 9.96. The van der Waals surface area contributed by atoms with E-state index in [0.29, 0.717) is 28.1 Å². The molecule has 0 aliphatic carbocycles. The van der Waals surface area contributed by atoms with Crippen LogP contribution in [0.3, 0.4) is 0 Å². The maximum atomic E-state index is 13.1. The van der Waals surface area contributed by atoms with Crippen LogP contribution in [0.25, 0.3) is 22.5 Å². The zero-order valence-corrected chi connectivity index (χ0v) is 26.9. The summed E-state index contributed by atoms with van der Waals surface area (Å²) in [6, 6.07) is 20.3. The first-order valence-electron chi connectivity index (χ1n) is 14.8. The lowest BCUT2D eigenvalue weighted by atomic mass is 9.98. The number of aromatic nitrogens is 6. The number of halogens is 1. The highest BCUT2D eigenvalue weighted by Crippen LogP contribution is 2.30. The third-order valence-electron chi connectivity index (χ3n) is 7.66. The second-order valence-electron chi connectivity index (χ2n) is 10.7. The fraction of sp³-hybridized carbons (Fsp3) is 0.344. The van der Waals surface area contributed by atoms with Crippen molar-refractivity contribution in [2.24, 2.45) is 0 Å². The number of carbonyl (C=O) groups is 1. The molecule has 0 saturated carbocycles. The van der Waals surface area contributed by atoms with Crippen molar-refractivity contribution in [1.29, 1.82) is 0 Å². The molecule has 1 N–H and O–H groups in total. The third kappa shape index (κ3) is 7.23. The number of hydrogen-bond donors (Lipinski definition) is 1. The predicted molar refractivity (Wildman–Crippen MR) is 176 cm³/mol. The van der Waals surface area contributed by atoms with Crippen molar-refractivity contribution in [3.8, 4) is 22.5 Å². The zero-order valence-electron chi connectivity index (χ0n) is 24.5. The minimum absolute atomic E-state index is 0.0591. The molecule has 5 aromatic rings. The maximum Gasteiger partial charge on any atom is 0.348 e. The van der Waals surface area contributed by atoms with Gasteiger partial charge in [0.2, 0.25) is 5.82 Å². The van der Waals surface area contributed by atoms with E-state index in [2.05, 4.69) is 72.3 Å². The molecule has 1 saturated heterocycles. The number of imidazole rings is 1. The molecule has 44 heavy (non-hydrogen) atoms. The van der Waals surface area contributed by atoms with Gasteiger partial charge in [-0.1, -0.05) is 73.5 Å². The zero-order chi connectivity index (χ0) is 30.3. The van der Waals surface area contributed by atoms with Crippen LogP contribution in [0.1, 0.15) is 51.4 Å². The first-order chi connectivity index (χ1) is 21.6. The summed E-state index contributed by atoms with van der Waals surface area (Å²) < 4.78 is 7.91. The van der Waals surface area contributed by atoms with Gasteiger partial charge in [0.15, 0.2) is 5.15 Å². The average Bonchev–Trinajstić information content (AvgIpc) is 3.82.